The quantitative estimate of drug-likeness (QED) is 0.865. The lowest BCUT2D eigenvalue weighted by Gasteiger charge is -2.39. The molecule has 0 bridgehead atoms. The van der Waals surface area contributed by atoms with E-state index in [1.807, 2.05) is 18.1 Å². The number of anilines is 2. The lowest BCUT2D eigenvalue weighted by molar-refractivity contribution is -0.120. The highest BCUT2D eigenvalue weighted by Gasteiger charge is 2.31. The molecule has 2 saturated heterocycles. The van der Waals surface area contributed by atoms with E-state index in [0.29, 0.717) is 6.54 Å². The Morgan fingerprint density at radius 3 is 2.57 bits per heavy atom. The average molecular weight is 318 g/mol. The molecular formula is C16H26N6O. The average Bonchev–Trinajstić information content (AvgIpc) is 2.55. The molecule has 0 radical (unpaired) electrons. The maximum Gasteiger partial charge on any atom is 0.241 e. The fraction of sp³-hybridized carbons (Fsp3) is 0.688. The van der Waals surface area contributed by atoms with Crippen LogP contribution in [0.1, 0.15) is 19.8 Å². The molecule has 2 aliphatic rings. The second-order valence-electron chi connectivity index (χ2n) is 6.78. The lowest BCUT2D eigenvalue weighted by Crippen LogP contribution is -2.57. The van der Waals surface area contributed by atoms with E-state index >= 15 is 0 Å². The summed E-state index contributed by atoms with van der Waals surface area (Å²) in [6.07, 6.45) is 5.92. The maximum atomic E-state index is 11.8. The van der Waals surface area contributed by atoms with Crippen molar-refractivity contribution in [1.29, 1.82) is 0 Å². The van der Waals surface area contributed by atoms with Crippen LogP contribution in [-0.2, 0) is 4.79 Å². The van der Waals surface area contributed by atoms with Crippen molar-refractivity contribution in [2.45, 2.75) is 25.8 Å². The van der Waals surface area contributed by atoms with Gasteiger partial charge in [0, 0.05) is 32.7 Å². The summed E-state index contributed by atoms with van der Waals surface area (Å²) in [6, 6.07) is -0.348. The van der Waals surface area contributed by atoms with Gasteiger partial charge in [-0.1, -0.05) is 6.92 Å². The van der Waals surface area contributed by atoms with E-state index in [9.17, 15) is 4.79 Å². The van der Waals surface area contributed by atoms with E-state index in [2.05, 4.69) is 21.7 Å². The van der Waals surface area contributed by atoms with Crippen molar-refractivity contribution in [3.63, 3.8) is 0 Å². The molecule has 1 unspecified atom stereocenters. The van der Waals surface area contributed by atoms with Crippen molar-refractivity contribution in [1.82, 2.24) is 14.9 Å². The summed E-state index contributed by atoms with van der Waals surface area (Å²) in [5.41, 5.74) is 5.59. The monoisotopic (exact) mass is 318 g/mol. The van der Waals surface area contributed by atoms with E-state index in [4.69, 9.17) is 10.7 Å². The number of piperidine rings is 1. The molecule has 1 atom stereocenters. The van der Waals surface area contributed by atoms with Gasteiger partial charge in [0.25, 0.3) is 0 Å². The highest BCUT2D eigenvalue weighted by atomic mass is 16.1. The molecule has 126 valence electrons. The van der Waals surface area contributed by atoms with Crippen LogP contribution in [0.15, 0.2) is 12.4 Å². The zero-order valence-electron chi connectivity index (χ0n) is 14.0. The number of piperazine rings is 1. The van der Waals surface area contributed by atoms with E-state index in [0.717, 1.165) is 43.7 Å². The van der Waals surface area contributed by atoms with Crippen LogP contribution in [0.4, 0.5) is 11.6 Å². The second kappa shape index (κ2) is 6.70. The van der Waals surface area contributed by atoms with Crippen LogP contribution in [0.5, 0.6) is 0 Å². The van der Waals surface area contributed by atoms with Gasteiger partial charge in [-0.3, -0.25) is 9.78 Å². The fourth-order valence-electron chi connectivity index (χ4n) is 3.31. The van der Waals surface area contributed by atoms with Gasteiger partial charge in [-0.2, -0.15) is 0 Å². The highest BCUT2D eigenvalue weighted by molar-refractivity contribution is 5.83. The third-order valence-corrected chi connectivity index (χ3v) is 4.92. The molecule has 1 amide bonds. The number of primary amides is 1. The van der Waals surface area contributed by atoms with E-state index in [-0.39, 0.29) is 11.9 Å². The van der Waals surface area contributed by atoms with E-state index in [1.165, 1.54) is 12.8 Å². The van der Waals surface area contributed by atoms with Crippen LogP contribution in [0.25, 0.3) is 0 Å². The zero-order chi connectivity index (χ0) is 16.4. The molecule has 0 spiro atoms. The number of nitrogens with two attached hydrogens (primary N) is 1. The summed E-state index contributed by atoms with van der Waals surface area (Å²) in [5.74, 6) is 2.12. The van der Waals surface area contributed by atoms with Gasteiger partial charge >= 0.3 is 0 Å². The largest absolute Gasteiger partial charge is 0.368 e. The summed E-state index contributed by atoms with van der Waals surface area (Å²) in [7, 11) is 2.00. The van der Waals surface area contributed by atoms with Crippen LogP contribution in [0.3, 0.4) is 0 Å². The van der Waals surface area contributed by atoms with Gasteiger partial charge in [-0.15, -0.1) is 0 Å². The fourth-order valence-corrected chi connectivity index (χ4v) is 3.31. The Labute approximate surface area is 137 Å². The number of likely N-dealkylation sites (N-methyl/N-ethyl adjacent to an activating group) is 1. The van der Waals surface area contributed by atoms with Gasteiger partial charge in [0.1, 0.15) is 17.7 Å². The molecule has 3 heterocycles. The molecule has 1 aromatic rings. The Kier molecular flexibility index (Phi) is 4.66. The molecule has 23 heavy (non-hydrogen) atoms. The summed E-state index contributed by atoms with van der Waals surface area (Å²) < 4.78 is 0. The Hall–Kier alpha value is -1.89. The molecule has 0 aromatic carbocycles. The van der Waals surface area contributed by atoms with Gasteiger partial charge in [-0.25, -0.2) is 4.98 Å². The summed E-state index contributed by atoms with van der Waals surface area (Å²) in [4.78, 5) is 27.3. The minimum absolute atomic E-state index is 0.310. The van der Waals surface area contributed by atoms with E-state index < -0.39 is 0 Å². The van der Waals surface area contributed by atoms with Crippen molar-refractivity contribution in [3.05, 3.63) is 12.4 Å². The molecule has 3 rings (SSSR count). The predicted molar refractivity (Wildman–Crippen MR) is 90.5 cm³/mol. The van der Waals surface area contributed by atoms with Crippen molar-refractivity contribution >= 4 is 17.5 Å². The lowest BCUT2D eigenvalue weighted by atomic mass is 9.99. The van der Waals surface area contributed by atoms with Crippen molar-refractivity contribution in [3.8, 4) is 0 Å². The highest BCUT2D eigenvalue weighted by Crippen LogP contribution is 2.24. The number of hydrogen-bond acceptors (Lipinski definition) is 6. The van der Waals surface area contributed by atoms with Gasteiger partial charge in [0.2, 0.25) is 5.91 Å². The molecule has 2 aliphatic heterocycles. The Balaban J connectivity index is 1.79. The van der Waals surface area contributed by atoms with Crippen molar-refractivity contribution in [2.24, 2.45) is 11.7 Å². The summed E-state index contributed by atoms with van der Waals surface area (Å²) in [6.45, 7) is 6.57. The van der Waals surface area contributed by atoms with Gasteiger partial charge in [-0.05, 0) is 25.8 Å². The molecule has 7 heteroatoms. The first-order valence-electron chi connectivity index (χ1n) is 8.36. The van der Waals surface area contributed by atoms with Gasteiger partial charge in [0.15, 0.2) is 0 Å². The summed E-state index contributed by atoms with van der Waals surface area (Å²) in [5, 5.41) is 0. The first kappa shape index (κ1) is 16.0. The third-order valence-electron chi connectivity index (χ3n) is 4.92. The third kappa shape index (κ3) is 3.55. The molecule has 7 nitrogen and oxygen atoms in total. The summed E-state index contributed by atoms with van der Waals surface area (Å²) >= 11 is 0. The SMILES string of the molecule is CC1CCN(c2cncc(N3CCN(C)CC3C(N)=O)n2)CC1. The van der Waals surface area contributed by atoms with Crippen molar-refractivity contribution in [2.75, 3.05) is 49.6 Å². The van der Waals surface area contributed by atoms with Gasteiger partial charge in [0.05, 0.1) is 12.4 Å². The van der Waals surface area contributed by atoms with Crippen LogP contribution >= 0.6 is 0 Å². The normalized spacial score (nSPS) is 24.0. The van der Waals surface area contributed by atoms with Crippen molar-refractivity contribution < 1.29 is 4.79 Å². The Bertz CT molecular complexity index is 557. The molecule has 0 saturated carbocycles. The van der Waals surface area contributed by atoms with Crippen LogP contribution < -0.4 is 15.5 Å². The number of hydrogen-bond donors (Lipinski definition) is 1. The van der Waals surface area contributed by atoms with E-state index in [1.54, 1.807) is 6.20 Å². The standard InChI is InChI=1S/C16H26N6O/c1-12-3-5-21(6-4-12)14-9-18-10-15(19-14)22-8-7-20(2)11-13(22)16(17)23/h9-10,12-13H,3-8,11H2,1-2H3,(H2,17,23). The number of carbonyl (C=O) groups excluding carboxylic acids is 1. The Morgan fingerprint density at radius 2 is 1.87 bits per heavy atom. The number of rotatable bonds is 3. The number of aromatic nitrogens is 2. The van der Waals surface area contributed by atoms with Crippen LogP contribution in [0.2, 0.25) is 0 Å². The maximum absolute atomic E-state index is 11.8. The Morgan fingerprint density at radius 1 is 1.17 bits per heavy atom. The zero-order valence-corrected chi connectivity index (χ0v) is 14.0. The minimum atomic E-state index is -0.348. The second-order valence-corrected chi connectivity index (χ2v) is 6.78. The van der Waals surface area contributed by atoms with Crippen LogP contribution in [0, 0.1) is 5.92 Å². The smallest absolute Gasteiger partial charge is 0.241 e. The first-order valence-corrected chi connectivity index (χ1v) is 8.36. The molecular weight excluding hydrogens is 292 g/mol. The topological polar surface area (TPSA) is 78.6 Å². The molecule has 1 aromatic heterocycles. The molecule has 2 fully saturated rings. The molecule has 2 N–H and O–H groups in total. The minimum Gasteiger partial charge on any atom is -0.368 e. The van der Waals surface area contributed by atoms with Gasteiger partial charge < -0.3 is 20.4 Å². The number of amides is 1. The predicted octanol–water partition coefficient (Wildman–Crippen LogP) is 0.319. The van der Waals surface area contributed by atoms with Crippen LogP contribution in [-0.4, -0.2) is 66.6 Å². The first-order chi connectivity index (χ1) is 11.0. The molecule has 0 aliphatic carbocycles. The number of carbonyl (C=O) groups is 1. The number of nitrogens with zero attached hydrogens (tertiary/aromatic N) is 5.